The number of benzene rings is 3. The average molecular weight is 515 g/mol. The summed E-state index contributed by atoms with van der Waals surface area (Å²) >= 11 is 0. The van der Waals surface area contributed by atoms with E-state index in [1.54, 1.807) is 6.26 Å². The van der Waals surface area contributed by atoms with E-state index in [-0.39, 0.29) is 18.2 Å². The fourth-order valence-corrected chi connectivity index (χ4v) is 4.27. The third kappa shape index (κ3) is 9.89. The largest absolute Gasteiger partial charge is 0.464 e. The van der Waals surface area contributed by atoms with Crippen molar-refractivity contribution in [2.75, 3.05) is 6.54 Å². The highest BCUT2D eigenvalue weighted by Crippen LogP contribution is 2.22. The zero-order valence-electron chi connectivity index (χ0n) is 23.2. The summed E-state index contributed by atoms with van der Waals surface area (Å²) in [7, 11) is 0. The molecular weight excluding hydrogens is 472 g/mol. The highest BCUT2D eigenvalue weighted by Gasteiger charge is 2.19. The molecule has 5 nitrogen and oxygen atoms in total. The number of furan rings is 1. The maximum absolute atomic E-state index is 13.2. The summed E-state index contributed by atoms with van der Waals surface area (Å²) in [6.07, 6.45) is 6.30. The second-order valence-corrected chi connectivity index (χ2v) is 9.07. The van der Waals surface area contributed by atoms with Crippen LogP contribution in [0.4, 0.5) is 0 Å². The van der Waals surface area contributed by atoms with Gasteiger partial charge in [-0.25, -0.2) is 0 Å². The predicted octanol–water partition coefficient (Wildman–Crippen LogP) is 6.58. The van der Waals surface area contributed by atoms with Crippen LogP contribution in [-0.2, 0) is 35.3 Å². The van der Waals surface area contributed by atoms with E-state index in [1.165, 1.54) is 27.8 Å². The Labute approximate surface area is 227 Å². The molecule has 0 bridgehead atoms. The molecule has 0 aliphatic rings. The maximum atomic E-state index is 13.2. The van der Waals surface area contributed by atoms with Gasteiger partial charge in [0.1, 0.15) is 5.58 Å². The Morgan fingerprint density at radius 1 is 0.895 bits per heavy atom. The number of rotatable bonds is 10. The Balaban J connectivity index is 0.000000947. The number of amides is 2. The van der Waals surface area contributed by atoms with Crippen molar-refractivity contribution in [2.45, 2.75) is 59.8 Å². The zero-order valence-corrected chi connectivity index (χ0v) is 23.2. The van der Waals surface area contributed by atoms with Gasteiger partial charge < -0.3 is 15.5 Å². The molecule has 1 heterocycles. The Kier molecular flexibility index (Phi) is 13.4. The molecule has 4 aromatic rings. The summed E-state index contributed by atoms with van der Waals surface area (Å²) < 4.78 is 5.47. The first kappa shape index (κ1) is 30.4. The van der Waals surface area contributed by atoms with Gasteiger partial charge in [-0.2, -0.15) is 0 Å². The Morgan fingerprint density at radius 2 is 1.47 bits per heavy atom. The monoisotopic (exact) mass is 514 g/mol. The molecule has 0 aliphatic carbocycles. The summed E-state index contributed by atoms with van der Waals surface area (Å²) in [5.41, 5.74) is 11.4. The van der Waals surface area contributed by atoms with Gasteiger partial charge >= 0.3 is 0 Å². The maximum Gasteiger partial charge on any atom is 0.223 e. The van der Waals surface area contributed by atoms with Crippen LogP contribution >= 0.6 is 0 Å². The molecule has 0 saturated heterocycles. The highest BCUT2D eigenvalue weighted by atomic mass is 16.3. The minimum atomic E-state index is -0.0712. The van der Waals surface area contributed by atoms with Crippen molar-refractivity contribution in [3.05, 3.63) is 107 Å². The summed E-state index contributed by atoms with van der Waals surface area (Å²) in [5.74, 6) is 0.0673. The van der Waals surface area contributed by atoms with Crippen LogP contribution in [0.15, 0.2) is 83.5 Å². The van der Waals surface area contributed by atoms with Crippen LogP contribution in [0.3, 0.4) is 0 Å². The van der Waals surface area contributed by atoms with Crippen molar-refractivity contribution in [2.24, 2.45) is 11.7 Å². The second kappa shape index (κ2) is 16.8. The Morgan fingerprint density at radius 3 is 2.13 bits per heavy atom. The van der Waals surface area contributed by atoms with Gasteiger partial charge in [0, 0.05) is 17.8 Å². The summed E-state index contributed by atoms with van der Waals surface area (Å²) in [6.45, 7) is 8.92. The number of hydrogen-bond acceptors (Lipinski definition) is 3. The van der Waals surface area contributed by atoms with Gasteiger partial charge in [-0.15, -0.1) is 0 Å². The molecule has 5 heteroatoms. The van der Waals surface area contributed by atoms with Gasteiger partial charge in [-0.1, -0.05) is 80.9 Å². The lowest BCUT2D eigenvalue weighted by atomic mass is 9.91. The van der Waals surface area contributed by atoms with Crippen molar-refractivity contribution >= 4 is 23.3 Å². The van der Waals surface area contributed by atoms with Crippen molar-refractivity contribution in [3.63, 3.8) is 0 Å². The van der Waals surface area contributed by atoms with Gasteiger partial charge in [0.05, 0.1) is 6.26 Å². The van der Waals surface area contributed by atoms with Crippen molar-refractivity contribution in [1.29, 1.82) is 0 Å². The predicted molar refractivity (Wildman–Crippen MR) is 157 cm³/mol. The normalized spacial score (nSPS) is 10.9. The summed E-state index contributed by atoms with van der Waals surface area (Å²) in [6, 6.07) is 25.5. The van der Waals surface area contributed by atoms with Crippen molar-refractivity contribution in [1.82, 2.24) is 5.32 Å². The van der Waals surface area contributed by atoms with Crippen LogP contribution in [0.1, 0.15) is 55.0 Å². The highest BCUT2D eigenvalue weighted by molar-refractivity contribution is 5.80. The molecule has 3 N–H and O–H groups in total. The molecule has 1 aromatic heterocycles. The first-order chi connectivity index (χ1) is 18.5. The average Bonchev–Trinajstić information content (AvgIpc) is 3.42. The molecule has 2 amide bonds. The Hall–Kier alpha value is -3.86. The standard InChI is InChI=1S/C30H33NO2.C2H6.CH3NO/c1-3-23-8-10-25(11-9-23)16-18-31-30(32)28(14-12-24-6-4-22(2)5-7-24)21-26-13-15-29-27(20-26)17-19-33-29;1-2;2-1-3/h4-11,13,15,17,19-20,28H,3,12,14,16,18,21H2,1-2H3,(H,31,32);1-2H3;1H,(H2,2,3). The zero-order chi connectivity index (χ0) is 27.8. The molecule has 0 fully saturated rings. The topological polar surface area (TPSA) is 85.3 Å². The third-order valence-electron chi connectivity index (χ3n) is 6.42. The first-order valence-corrected chi connectivity index (χ1v) is 13.5. The molecule has 38 heavy (non-hydrogen) atoms. The van der Waals surface area contributed by atoms with Crippen LogP contribution in [0.5, 0.6) is 0 Å². The smallest absolute Gasteiger partial charge is 0.223 e. The molecule has 0 aliphatic heterocycles. The van der Waals surface area contributed by atoms with E-state index in [0.29, 0.717) is 6.54 Å². The van der Waals surface area contributed by atoms with Gasteiger partial charge in [-0.05, 0) is 79.5 Å². The van der Waals surface area contributed by atoms with E-state index in [4.69, 9.17) is 9.21 Å². The van der Waals surface area contributed by atoms with E-state index >= 15 is 0 Å². The lowest BCUT2D eigenvalue weighted by Crippen LogP contribution is -2.33. The van der Waals surface area contributed by atoms with Gasteiger partial charge in [0.15, 0.2) is 0 Å². The first-order valence-electron chi connectivity index (χ1n) is 13.5. The minimum absolute atomic E-state index is 0.0712. The van der Waals surface area contributed by atoms with Crippen LogP contribution in [0.2, 0.25) is 0 Å². The van der Waals surface area contributed by atoms with Crippen LogP contribution < -0.4 is 11.1 Å². The molecule has 1 unspecified atom stereocenters. The summed E-state index contributed by atoms with van der Waals surface area (Å²) in [5, 5.41) is 4.28. The molecule has 1 atom stereocenters. The molecule has 4 rings (SSSR count). The van der Waals surface area contributed by atoms with E-state index in [0.717, 1.165) is 43.1 Å². The molecule has 0 saturated carbocycles. The minimum Gasteiger partial charge on any atom is -0.464 e. The number of hydrogen-bond donors (Lipinski definition) is 2. The number of carbonyl (C=O) groups is 2. The van der Waals surface area contributed by atoms with Crippen LogP contribution in [-0.4, -0.2) is 18.9 Å². The lowest BCUT2D eigenvalue weighted by molar-refractivity contribution is -0.125. The van der Waals surface area contributed by atoms with Gasteiger partial charge in [-0.3, -0.25) is 9.59 Å². The van der Waals surface area contributed by atoms with Crippen LogP contribution in [0.25, 0.3) is 11.0 Å². The van der Waals surface area contributed by atoms with Gasteiger partial charge in [0.2, 0.25) is 12.3 Å². The number of aryl methyl sites for hydroxylation is 3. The second-order valence-electron chi connectivity index (χ2n) is 9.07. The van der Waals surface area contributed by atoms with Gasteiger partial charge in [0.25, 0.3) is 0 Å². The third-order valence-corrected chi connectivity index (χ3v) is 6.42. The molecule has 0 radical (unpaired) electrons. The summed E-state index contributed by atoms with van der Waals surface area (Å²) in [4.78, 5) is 21.8. The van der Waals surface area contributed by atoms with E-state index < -0.39 is 0 Å². The number of fused-ring (bicyclic) bond motifs is 1. The lowest BCUT2D eigenvalue weighted by Gasteiger charge is -2.17. The molecule has 202 valence electrons. The van der Waals surface area contributed by atoms with Crippen molar-refractivity contribution < 1.29 is 14.0 Å². The Bertz CT molecular complexity index is 1230. The molecule has 0 spiro atoms. The fourth-order valence-electron chi connectivity index (χ4n) is 4.27. The quantitative estimate of drug-likeness (QED) is 0.234. The number of carbonyl (C=O) groups excluding carboxylic acids is 2. The molecule has 3 aromatic carbocycles. The van der Waals surface area contributed by atoms with E-state index in [1.807, 2.05) is 26.0 Å². The SMILES string of the molecule is CC.CCc1ccc(CCNC(=O)C(CCc2ccc(C)cc2)Cc2ccc3occc3c2)cc1.NC=O. The fraction of sp³-hybridized carbons (Fsp3) is 0.333. The number of primary amides is 1. The molecular formula is C33H42N2O3. The van der Waals surface area contributed by atoms with Crippen LogP contribution in [0, 0.1) is 12.8 Å². The number of nitrogens with two attached hydrogens (primary N) is 1. The van der Waals surface area contributed by atoms with E-state index in [2.05, 4.69) is 85.6 Å². The number of nitrogens with one attached hydrogen (secondary N) is 1. The van der Waals surface area contributed by atoms with Crippen molar-refractivity contribution in [3.8, 4) is 0 Å². The van der Waals surface area contributed by atoms with E-state index in [9.17, 15) is 4.79 Å².